The van der Waals surface area contributed by atoms with Crippen LogP contribution in [-0.2, 0) is 22.4 Å². The van der Waals surface area contributed by atoms with Crippen molar-refractivity contribution in [3.63, 3.8) is 0 Å². The largest absolute Gasteiger partial charge is 0.490 e. The first kappa shape index (κ1) is 29.5. The second-order valence-corrected chi connectivity index (χ2v) is 11.1. The lowest BCUT2D eigenvalue weighted by molar-refractivity contribution is -0.131. The zero-order chi connectivity index (χ0) is 29.6. The second-order valence-electron chi connectivity index (χ2n) is 11.1. The Morgan fingerprint density at radius 1 is 1.02 bits per heavy atom. The molecule has 42 heavy (non-hydrogen) atoms. The van der Waals surface area contributed by atoms with Crippen LogP contribution in [0.3, 0.4) is 0 Å². The van der Waals surface area contributed by atoms with E-state index in [4.69, 9.17) is 4.74 Å². The van der Waals surface area contributed by atoms with Gasteiger partial charge in [-0.2, -0.15) is 0 Å². The van der Waals surface area contributed by atoms with Crippen LogP contribution in [0.15, 0.2) is 72.3 Å². The fourth-order valence-electron chi connectivity index (χ4n) is 5.86. The van der Waals surface area contributed by atoms with Crippen LogP contribution >= 0.6 is 0 Å². The molecule has 3 aromatic rings. The molecule has 6 nitrogen and oxygen atoms in total. The highest BCUT2D eigenvalue weighted by Gasteiger charge is 2.38. The van der Waals surface area contributed by atoms with Crippen molar-refractivity contribution < 1.29 is 23.1 Å². The molecular weight excluding hydrogens is 536 g/mol. The summed E-state index contributed by atoms with van der Waals surface area (Å²) < 4.78 is 32.6. The zero-order valence-corrected chi connectivity index (χ0v) is 24.1. The van der Waals surface area contributed by atoms with Gasteiger partial charge in [0.05, 0.1) is 12.6 Å². The van der Waals surface area contributed by atoms with Crippen molar-refractivity contribution in [2.75, 3.05) is 26.2 Å². The topological polar surface area (TPSA) is 70.7 Å². The lowest BCUT2D eigenvalue weighted by Crippen LogP contribution is -2.61. The number of benzene rings is 3. The maximum Gasteiger partial charge on any atom is 0.249 e. The molecule has 2 heterocycles. The van der Waals surface area contributed by atoms with E-state index >= 15 is 0 Å². The number of aryl methyl sites for hydroxylation is 2. The van der Waals surface area contributed by atoms with E-state index in [-0.39, 0.29) is 36.3 Å². The third-order valence-corrected chi connectivity index (χ3v) is 8.10. The quantitative estimate of drug-likeness (QED) is 0.336. The van der Waals surface area contributed by atoms with Gasteiger partial charge in [0, 0.05) is 44.2 Å². The standard InChI is InChI=1S/C34H37F2N3O3/c1-22-6-3-4-8-25(22)15-16-37-34(41)33-29(19-28-20-39(23(2)40)21-31(33)38-28)26-11-9-24(10-12-26)7-5-17-42-32-18-27(35)13-14-30(32)36/h3-4,6,8-14,18,28,31,38H,5,7,15-17,19-21H2,1-2H3,(H,37,41)/t28-,31-/m1/s1. The van der Waals surface area contributed by atoms with Gasteiger partial charge in [0.15, 0.2) is 11.6 Å². The van der Waals surface area contributed by atoms with Crippen LogP contribution in [0.2, 0.25) is 0 Å². The Morgan fingerprint density at radius 3 is 2.57 bits per heavy atom. The van der Waals surface area contributed by atoms with Gasteiger partial charge in [-0.25, -0.2) is 8.78 Å². The fraction of sp³-hybridized carbons (Fsp3) is 0.353. The summed E-state index contributed by atoms with van der Waals surface area (Å²) in [4.78, 5) is 27.7. The number of nitrogens with one attached hydrogen (secondary N) is 2. The van der Waals surface area contributed by atoms with Gasteiger partial charge in [-0.3, -0.25) is 9.59 Å². The summed E-state index contributed by atoms with van der Waals surface area (Å²) in [6.07, 6.45) is 2.74. The molecule has 0 unspecified atom stereocenters. The molecule has 0 radical (unpaired) electrons. The highest BCUT2D eigenvalue weighted by Crippen LogP contribution is 2.33. The molecule has 1 fully saturated rings. The van der Waals surface area contributed by atoms with Gasteiger partial charge in [0.1, 0.15) is 5.82 Å². The molecule has 2 amide bonds. The summed E-state index contributed by atoms with van der Waals surface area (Å²) in [5.74, 6) is -1.29. The average molecular weight is 574 g/mol. The van der Waals surface area contributed by atoms with Crippen molar-refractivity contribution in [2.45, 2.75) is 51.6 Å². The van der Waals surface area contributed by atoms with Crippen molar-refractivity contribution in [1.82, 2.24) is 15.5 Å². The van der Waals surface area contributed by atoms with Crippen LogP contribution in [0.25, 0.3) is 5.57 Å². The monoisotopic (exact) mass is 573 g/mol. The number of nitrogens with zero attached hydrogens (tertiary/aromatic N) is 1. The Labute approximate surface area is 245 Å². The molecule has 2 N–H and O–H groups in total. The molecule has 2 aliphatic heterocycles. The molecule has 5 rings (SSSR count). The number of hydrogen-bond donors (Lipinski definition) is 2. The lowest BCUT2D eigenvalue weighted by atomic mass is 9.83. The van der Waals surface area contributed by atoms with E-state index in [1.807, 2.05) is 41.3 Å². The summed E-state index contributed by atoms with van der Waals surface area (Å²) in [6, 6.07) is 19.4. The highest BCUT2D eigenvalue weighted by atomic mass is 19.1. The Morgan fingerprint density at radius 2 is 1.81 bits per heavy atom. The van der Waals surface area contributed by atoms with Gasteiger partial charge in [0.2, 0.25) is 11.8 Å². The fourth-order valence-corrected chi connectivity index (χ4v) is 5.86. The van der Waals surface area contributed by atoms with Crippen molar-refractivity contribution in [1.29, 1.82) is 0 Å². The molecule has 3 aromatic carbocycles. The number of carbonyl (C=O) groups is 2. The summed E-state index contributed by atoms with van der Waals surface area (Å²) >= 11 is 0. The summed E-state index contributed by atoms with van der Waals surface area (Å²) in [5.41, 5.74) is 6.19. The van der Waals surface area contributed by atoms with Crippen LogP contribution in [-0.4, -0.2) is 55.0 Å². The van der Waals surface area contributed by atoms with E-state index in [0.29, 0.717) is 44.5 Å². The molecule has 2 aliphatic rings. The molecule has 1 saturated heterocycles. The summed E-state index contributed by atoms with van der Waals surface area (Å²) in [6.45, 7) is 5.50. The van der Waals surface area contributed by atoms with Gasteiger partial charge in [0.25, 0.3) is 0 Å². The summed E-state index contributed by atoms with van der Waals surface area (Å²) in [5, 5.41) is 6.71. The molecule has 0 aliphatic carbocycles. The van der Waals surface area contributed by atoms with E-state index in [0.717, 1.165) is 41.3 Å². The first-order chi connectivity index (χ1) is 20.3. The molecule has 220 valence electrons. The minimum Gasteiger partial charge on any atom is -0.490 e. The van der Waals surface area contributed by atoms with Crippen molar-refractivity contribution in [3.8, 4) is 5.75 Å². The maximum atomic E-state index is 13.8. The molecule has 0 spiro atoms. The average Bonchev–Trinajstić information content (AvgIpc) is 2.97. The lowest BCUT2D eigenvalue weighted by Gasteiger charge is -2.44. The Kier molecular flexibility index (Phi) is 9.32. The van der Waals surface area contributed by atoms with Crippen LogP contribution in [0.5, 0.6) is 5.75 Å². The van der Waals surface area contributed by atoms with E-state index in [9.17, 15) is 18.4 Å². The number of halogens is 2. The molecule has 2 atom stereocenters. The van der Waals surface area contributed by atoms with Gasteiger partial charge in [-0.05, 0) is 72.6 Å². The number of piperazine rings is 1. The van der Waals surface area contributed by atoms with Gasteiger partial charge >= 0.3 is 0 Å². The Hall–Kier alpha value is -4.04. The van der Waals surface area contributed by atoms with Crippen LogP contribution in [0.1, 0.15) is 42.0 Å². The predicted octanol–water partition coefficient (Wildman–Crippen LogP) is 4.99. The van der Waals surface area contributed by atoms with E-state index < -0.39 is 11.6 Å². The van der Waals surface area contributed by atoms with Gasteiger partial charge in [-0.1, -0.05) is 48.5 Å². The number of amides is 2. The number of rotatable bonds is 10. The second kappa shape index (κ2) is 13.3. The third-order valence-electron chi connectivity index (χ3n) is 8.10. The highest BCUT2D eigenvalue weighted by molar-refractivity contribution is 6.03. The van der Waals surface area contributed by atoms with E-state index in [1.165, 1.54) is 11.1 Å². The van der Waals surface area contributed by atoms with Crippen LogP contribution in [0, 0.1) is 18.6 Å². The van der Waals surface area contributed by atoms with E-state index in [2.05, 4.69) is 29.7 Å². The normalized spacial score (nSPS) is 18.1. The number of carbonyl (C=O) groups excluding carboxylic acids is 2. The third kappa shape index (κ3) is 7.05. The maximum absolute atomic E-state index is 13.8. The number of hydrogen-bond acceptors (Lipinski definition) is 4. The first-order valence-corrected chi connectivity index (χ1v) is 14.5. The van der Waals surface area contributed by atoms with Crippen molar-refractivity contribution >= 4 is 17.4 Å². The van der Waals surface area contributed by atoms with E-state index in [1.54, 1.807) is 6.92 Å². The molecule has 2 bridgehead atoms. The molecular formula is C34H37F2N3O3. The number of fused-ring (bicyclic) bond motifs is 2. The first-order valence-electron chi connectivity index (χ1n) is 14.5. The number of ether oxygens (including phenoxy) is 1. The van der Waals surface area contributed by atoms with Gasteiger partial charge < -0.3 is 20.3 Å². The molecule has 0 saturated carbocycles. The molecule has 0 aromatic heterocycles. The Bertz CT molecular complexity index is 1470. The summed E-state index contributed by atoms with van der Waals surface area (Å²) in [7, 11) is 0. The van der Waals surface area contributed by atoms with Crippen molar-refractivity contribution in [3.05, 3.63) is 106 Å². The predicted molar refractivity (Wildman–Crippen MR) is 159 cm³/mol. The smallest absolute Gasteiger partial charge is 0.249 e. The van der Waals surface area contributed by atoms with Crippen LogP contribution < -0.4 is 15.4 Å². The van der Waals surface area contributed by atoms with Crippen LogP contribution in [0.4, 0.5) is 8.78 Å². The van der Waals surface area contributed by atoms with Gasteiger partial charge in [-0.15, -0.1) is 0 Å². The minimum atomic E-state index is -0.581. The SMILES string of the molecule is CC(=O)N1C[C@H]2CC(c3ccc(CCCOc4cc(F)ccc4F)cc3)=C(C(=O)NCCc3ccccc3C)[C@@H](C1)N2. The zero-order valence-electron chi connectivity index (χ0n) is 24.1. The van der Waals surface area contributed by atoms with Crippen molar-refractivity contribution in [2.24, 2.45) is 0 Å². The minimum absolute atomic E-state index is 0.0164. The Balaban J connectivity index is 1.28. The molecule has 8 heteroatoms.